The molecule has 13 heteroatoms. The second-order valence-electron chi connectivity index (χ2n) is 12.1. The van der Waals surface area contributed by atoms with Gasteiger partial charge in [0.05, 0.1) is 56.1 Å². The van der Waals surface area contributed by atoms with Gasteiger partial charge in [-0.15, -0.1) is 0 Å². The van der Waals surface area contributed by atoms with Gasteiger partial charge in [-0.25, -0.2) is 23.8 Å². The van der Waals surface area contributed by atoms with E-state index in [1.807, 2.05) is 30.3 Å². The second-order valence-corrected chi connectivity index (χ2v) is 12.1. The smallest absolute Gasteiger partial charge is 0.247 e. The number of hydrogen-bond acceptors (Lipinski definition) is 10. The summed E-state index contributed by atoms with van der Waals surface area (Å²) in [5.41, 5.74) is 3.67. The van der Waals surface area contributed by atoms with Crippen LogP contribution in [0.2, 0.25) is 0 Å². The van der Waals surface area contributed by atoms with Crippen molar-refractivity contribution in [3.8, 4) is 16.9 Å². The van der Waals surface area contributed by atoms with Crippen molar-refractivity contribution < 1.29 is 27.9 Å². The number of carbonyl (C=O) groups excluding carboxylic acids is 1. The van der Waals surface area contributed by atoms with Gasteiger partial charge in [0.1, 0.15) is 17.9 Å². The lowest BCUT2D eigenvalue weighted by Crippen LogP contribution is -2.56. The second kappa shape index (κ2) is 14.2. The van der Waals surface area contributed by atoms with Crippen molar-refractivity contribution >= 4 is 34.6 Å². The van der Waals surface area contributed by atoms with Crippen LogP contribution in [0.3, 0.4) is 0 Å². The van der Waals surface area contributed by atoms with E-state index >= 15 is 0 Å². The van der Waals surface area contributed by atoms with E-state index in [4.69, 9.17) is 14.3 Å². The van der Waals surface area contributed by atoms with Crippen molar-refractivity contribution in [1.29, 1.82) is 0 Å². The average Bonchev–Trinajstić information content (AvgIpc) is 3.60. The summed E-state index contributed by atoms with van der Waals surface area (Å²) in [6, 6.07) is 17.2. The summed E-state index contributed by atoms with van der Waals surface area (Å²) in [5.74, 6) is -0.560. The predicted molar refractivity (Wildman–Crippen MR) is 183 cm³/mol. The van der Waals surface area contributed by atoms with Gasteiger partial charge in [0.25, 0.3) is 0 Å². The Morgan fingerprint density at radius 1 is 1.02 bits per heavy atom. The fourth-order valence-electron chi connectivity index (χ4n) is 6.46. The standard InChI is InChI=1S/C36H37F2N7O4/c1-3-35(46)42-28-17-29(32(47-2)18-31(28)44-13-11-43(12-14-44)25-20-48-21-25)41-33-19-34(40-22-39-33)45-30(10-15-49-45)24-7-4-6-23(16-24)26-8-5-9-27(37)36(26)38/h3-9,16-19,22,25,30H,1,10-15,20-21H2,2H3,(H,42,46)(H,39,40,41)/t30-/m1/s1. The Balaban J connectivity index is 1.13. The van der Waals surface area contributed by atoms with E-state index in [0.29, 0.717) is 53.4 Å². The van der Waals surface area contributed by atoms with Gasteiger partial charge < -0.3 is 25.0 Å². The van der Waals surface area contributed by atoms with E-state index in [-0.39, 0.29) is 17.5 Å². The molecule has 4 aromatic rings. The molecule has 3 aliphatic heterocycles. The van der Waals surface area contributed by atoms with E-state index in [9.17, 15) is 13.6 Å². The Morgan fingerprint density at radius 2 is 1.84 bits per heavy atom. The van der Waals surface area contributed by atoms with Crippen LogP contribution in [0.4, 0.5) is 37.5 Å². The van der Waals surface area contributed by atoms with Crippen LogP contribution >= 0.6 is 0 Å². The fraction of sp³-hybridized carbons (Fsp3) is 0.306. The third-order valence-corrected chi connectivity index (χ3v) is 9.13. The van der Waals surface area contributed by atoms with Crippen molar-refractivity contribution in [2.24, 2.45) is 0 Å². The molecule has 1 aromatic heterocycles. The van der Waals surface area contributed by atoms with Crippen molar-refractivity contribution in [2.45, 2.75) is 18.5 Å². The van der Waals surface area contributed by atoms with Crippen LogP contribution in [0, 0.1) is 11.6 Å². The molecule has 2 N–H and O–H groups in total. The lowest BCUT2D eigenvalue weighted by molar-refractivity contribution is -0.111. The minimum absolute atomic E-state index is 0.190. The number of anilines is 5. The lowest BCUT2D eigenvalue weighted by Gasteiger charge is -2.43. The van der Waals surface area contributed by atoms with E-state index in [1.54, 1.807) is 30.4 Å². The van der Waals surface area contributed by atoms with Gasteiger partial charge in [-0.2, -0.15) is 0 Å². The summed E-state index contributed by atoms with van der Waals surface area (Å²) >= 11 is 0. The normalized spacial score (nSPS) is 18.2. The summed E-state index contributed by atoms with van der Waals surface area (Å²) in [6.45, 7) is 8.97. The molecule has 0 radical (unpaired) electrons. The van der Waals surface area contributed by atoms with Crippen molar-refractivity contribution in [3.05, 3.63) is 96.8 Å². The summed E-state index contributed by atoms with van der Waals surface area (Å²) < 4.78 is 39.8. The highest BCUT2D eigenvalue weighted by molar-refractivity contribution is 6.02. The van der Waals surface area contributed by atoms with Gasteiger partial charge in [-0.1, -0.05) is 36.9 Å². The molecule has 4 heterocycles. The number of rotatable bonds is 10. The molecule has 1 amide bonds. The molecule has 0 bridgehead atoms. The van der Waals surface area contributed by atoms with Crippen LogP contribution < -0.4 is 25.3 Å². The Bertz CT molecular complexity index is 1850. The first-order valence-electron chi connectivity index (χ1n) is 16.2. The highest BCUT2D eigenvalue weighted by Crippen LogP contribution is 2.40. The molecule has 1 atom stereocenters. The van der Waals surface area contributed by atoms with Crippen LogP contribution in [-0.4, -0.2) is 79.9 Å². The monoisotopic (exact) mass is 669 g/mol. The molecular formula is C36H37F2N7O4. The van der Waals surface area contributed by atoms with E-state index in [2.05, 4.69) is 37.0 Å². The number of hydroxylamine groups is 1. The maximum atomic E-state index is 14.6. The number of halogens is 2. The average molecular weight is 670 g/mol. The minimum Gasteiger partial charge on any atom is -0.494 e. The Kier molecular flexibility index (Phi) is 9.38. The number of methoxy groups -OCH3 is 1. The number of amides is 1. The molecule has 3 saturated heterocycles. The van der Waals surface area contributed by atoms with Gasteiger partial charge in [-0.3, -0.25) is 14.5 Å². The number of ether oxygens (including phenoxy) is 2. The molecule has 254 valence electrons. The van der Waals surface area contributed by atoms with Crippen LogP contribution in [0.1, 0.15) is 18.0 Å². The molecule has 0 aliphatic carbocycles. The molecule has 3 aliphatic rings. The first-order valence-corrected chi connectivity index (χ1v) is 16.2. The fourth-order valence-corrected chi connectivity index (χ4v) is 6.46. The van der Waals surface area contributed by atoms with E-state index in [1.165, 1.54) is 18.5 Å². The maximum Gasteiger partial charge on any atom is 0.247 e. The SMILES string of the molecule is C=CC(=O)Nc1cc(Nc2cc(N3OCC[C@@H]3c3cccc(-c4cccc(F)c4F)c3)ncn2)c(OC)cc1N1CCN(C2COC2)CC1. The highest BCUT2D eigenvalue weighted by atomic mass is 19.2. The number of piperazine rings is 1. The third-order valence-electron chi connectivity index (χ3n) is 9.13. The Labute approximate surface area is 283 Å². The Hall–Kier alpha value is -5.11. The van der Waals surface area contributed by atoms with Gasteiger partial charge in [0, 0.05) is 50.3 Å². The first kappa shape index (κ1) is 32.4. The van der Waals surface area contributed by atoms with Crippen LogP contribution in [0.5, 0.6) is 5.75 Å². The molecule has 0 saturated carbocycles. The number of nitrogens with one attached hydrogen (secondary N) is 2. The zero-order valence-electron chi connectivity index (χ0n) is 27.1. The topological polar surface area (TPSA) is 104 Å². The van der Waals surface area contributed by atoms with Gasteiger partial charge in [-0.05, 0) is 35.4 Å². The number of aromatic nitrogens is 2. The number of carbonyl (C=O) groups is 1. The van der Waals surface area contributed by atoms with Gasteiger partial charge in [0.15, 0.2) is 17.5 Å². The molecule has 0 unspecified atom stereocenters. The summed E-state index contributed by atoms with van der Waals surface area (Å²) in [7, 11) is 1.60. The third kappa shape index (κ3) is 6.77. The van der Waals surface area contributed by atoms with Gasteiger partial charge in [0.2, 0.25) is 5.91 Å². The first-order chi connectivity index (χ1) is 23.9. The Morgan fingerprint density at radius 3 is 2.59 bits per heavy atom. The van der Waals surface area contributed by atoms with Crippen molar-refractivity contribution in [1.82, 2.24) is 14.9 Å². The van der Waals surface area contributed by atoms with E-state index < -0.39 is 11.6 Å². The minimum atomic E-state index is -0.894. The lowest BCUT2D eigenvalue weighted by atomic mass is 9.98. The van der Waals surface area contributed by atoms with E-state index in [0.717, 1.165) is 56.7 Å². The number of benzene rings is 3. The molecule has 7 rings (SSSR count). The van der Waals surface area contributed by atoms with Crippen molar-refractivity contribution in [3.63, 3.8) is 0 Å². The summed E-state index contributed by atoms with van der Waals surface area (Å²) in [5, 5.41) is 8.00. The summed E-state index contributed by atoms with van der Waals surface area (Å²) in [4.78, 5) is 32.1. The van der Waals surface area contributed by atoms with Crippen LogP contribution in [0.15, 0.2) is 79.6 Å². The molecular weight excluding hydrogens is 632 g/mol. The van der Waals surface area contributed by atoms with Gasteiger partial charge >= 0.3 is 0 Å². The molecule has 0 spiro atoms. The van der Waals surface area contributed by atoms with Crippen LogP contribution in [-0.2, 0) is 14.4 Å². The number of hydrogen-bond donors (Lipinski definition) is 2. The number of nitrogens with zero attached hydrogens (tertiary/aromatic N) is 5. The molecule has 49 heavy (non-hydrogen) atoms. The summed E-state index contributed by atoms with van der Waals surface area (Å²) in [6.07, 6.45) is 3.33. The largest absolute Gasteiger partial charge is 0.494 e. The maximum absolute atomic E-state index is 14.6. The quantitative estimate of drug-likeness (QED) is 0.204. The molecule has 3 fully saturated rings. The van der Waals surface area contributed by atoms with Crippen molar-refractivity contribution in [2.75, 3.05) is 73.7 Å². The molecule has 3 aromatic carbocycles. The zero-order chi connectivity index (χ0) is 33.9. The van der Waals surface area contributed by atoms with Crippen LogP contribution in [0.25, 0.3) is 11.1 Å². The predicted octanol–water partition coefficient (Wildman–Crippen LogP) is 5.70. The highest BCUT2D eigenvalue weighted by Gasteiger charge is 2.31. The zero-order valence-corrected chi connectivity index (χ0v) is 27.1. The molecule has 11 nitrogen and oxygen atoms in total.